The van der Waals surface area contributed by atoms with Gasteiger partial charge >= 0.3 is 0 Å². The molecule has 0 unspecified atom stereocenters. The minimum Gasteiger partial charge on any atom is -0.315 e. The highest BCUT2D eigenvalue weighted by Crippen LogP contribution is 2.23. The Morgan fingerprint density at radius 3 is 2.71 bits per heavy atom. The van der Waals surface area contributed by atoms with E-state index in [0.29, 0.717) is 0 Å². The van der Waals surface area contributed by atoms with Gasteiger partial charge in [0.15, 0.2) is 0 Å². The first kappa shape index (κ1) is 13.3. The van der Waals surface area contributed by atoms with Crippen molar-refractivity contribution in [3.63, 3.8) is 0 Å². The molecule has 0 aromatic rings. The second-order valence-corrected chi connectivity index (χ2v) is 5.51. The van der Waals surface area contributed by atoms with Crippen molar-refractivity contribution in [3.8, 4) is 0 Å². The Balaban J connectivity index is 1.70. The van der Waals surface area contributed by atoms with E-state index in [4.69, 9.17) is 0 Å². The Hall–Kier alpha value is -0.120. The van der Waals surface area contributed by atoms with E-state index in [1.165, 1.54) is 77.9 Å². The lowest BCUT2D eigenvalue weighted by Gasteiger charge is -2.30. The van der Waals surface area contributed by atoms with Crippen molar-refractivity contribution in [2.75, 3.05) is 45.8 Å². The van der Waals surface area contributed by atoms with Crippen LogP contribution >= 0.6 is 0 Å². The largest absolute Gasteiger partial charge is 0.315 e. The van der Waals surface area contributed by atoms with Crippen molar-refractivity contribution < 1.29 is 0 Å². The summed E-state index contributed by atoms with van der Waals surface area (Å²) in [5.41, 5.74) is 0. The fourth-order valence-electron chi connectivity index (χ4n) is 3.26. The van der Waals surface area contributed by atoms with Crippen LogP contribution in [0.3, 0.4) is 0 Å². The fourth-order valence-corrected chi connectivity index (χ4v) is 3.26. The SMILES string of the molecule is CCN(CCN1CCCNCC1)C1CCCC1. The van der Waals surface area contributed by atoms with Crippen molar-refractivity contribution in [2.24, 2.45) is 0 Å². The van der Waals surface area contributed by atoms with Gasteiger partial charge in [0, 0.05) is 32.2 Å². The lowest BCUT2D eigenvalue weighted by molar-refractivity contribution is 0.171. The minimum absolute atomic E-state index is 0.894. The number of likely N-dealkylation sites (N-methyl/N-ethyl adjacent to an activating group) is 1. The standard InChI is InChI=1S/C14H29N3/c1-2-17(14-6-3-4-7-14)13-12-16-10-5-8-15-9-11-16/h14-15H,2-13H2,1H3. The van der Waals surface area contributed by atoms with Gasteiger partial charge in [-0.25, -0.2) is 0 Å². The summed E-state index contributed by atoms with van der Waals surface area (Å²) < 4.78 is 0. The third kappa shape index (κ3) is 4.23. The molecule has 2 rings (SSSR count). The molecule has 1 saturated carbocycles. The molecule has 0 radical (unpaired) electrons. The molecule has 3 heteroatoms. The molecule has 3 nitrogen and oxygen atoms in total. The van der Waals surface area contributed by atoms with Gasteiger partial charge in [0.2, 0.25) is 0 Å². The van der Waals surface area contributed by atoms with Crippen LogP contribution in [-0.4, -0.2) is 61.7 Å². The van der Waals surface area contributed by atoms with Crippen LogP contribution in [0.2, 0.25) is 0 Å². The molecule has 0 amide bonds. The number of nitrogens with zero attached hydrogens (tertiary/aromatic N) is 2. The molecule has 100 valence electrons. The maximum absolute atomic E-state index is 3.48. The summed E-state index contributed by atoms with van der Waals surface area (Å²) in [6.07, 6.45) is 7.10. The van der Waals surface area contributed by atoms with Crippen molar-refractivity contribution in [3.05, 3.63) is 0 Å². The van der Waals surface area contributed by atoms with E-state index >= 15 is 0 Å². The molecule has 0 atom stereocenters. The zero-order valence-corrected chi connectivity index (χ0v) is 11.5. The Labute approximate surface area is 107 Å². The lowest BCUT2D eigenvalue weighted by atomic mass is 10.2. The van der Waals surface area contributed by atoms with E-state index in [2.05, 4.69) is 22.0 Å². The summed E-state index contributed by atoms with van der Waals surface area (Å²) in [6, 6.07) is 0.894. The molecule has 0 aromatic carbocycles. The molecule has 1 aliphatic heterocycles. The monoisotopic (exact) mass is 239 g/mol. The smallest absolute Gasteiger partial charge is 0.0112 e. The molecule has 1 aliphatic carbocycles. The van der Waals surface area contributed by atoms with Crippen LogP contribution in [0.15, 0.2) is 0 Å². The highest BCUT2D eigenvalue weighted by molar-refractivity contribution is 4.78. The van der Waals surface area contributed by atoms with E-state index in [1.54, 1.807) is 0 Å². The van der Waals surface area contributed by atoms with Crippen LogP contribution < -0.4 is 5.32 Å². The van der Waals surface area contributed by atoms with Gasteiger partial charge in [-0.05, 0) is 38.9 Å². The Bertz CT molecular complexity index is 194. The molecule has 1 N–H and O–H groups in total. The van der Waals surface area contributed by atoms with Gasteiger partial charge in [-0.15, -0.1) is 0 Å². The van der Waals surface area contributed by atoms with Crippen molar-refractivity contribution >= 4 is 0 Å². The highest BCUT2D eigenvalue weighted by atomic mass is 15.2. The molecule has 2 aliphatic rings. The molecule has 0 aromatic heterocycles. The summed E-state index contributed by atoms with van der Waals surface area (Å²) in [7, 11) is 0. The summed E-state index contributed by atoms with van der Waals surface area (Å²) in [5.74, 6) is 0. The molecule has 0 spiro atoms. The minimum atomic E-state index is 0.894. The topological polar surface area (TPSA) is 18.5 Å². The zero-order chi connectivity index (χ0) is 11.9. The van der Waals surface area contributed by atoms with Gasteiger partial charge in [-0.2, -0.15) is 0 Å². The van der Waals surface area contributed by atoms with Crippen LogP contribution in [0.1, 0.15) is 39.0 Å². The Morgan fingerprint density at radius 2 is 1.94 bits per heavy atom. The third-order valence-corrected chi connectivity index (χ3v) is 4.38. The van der Waals surface area contributed by atoms with Gasteiger partial charge in [-0.1, -0.05) is 19.8 Å². The molecule has 2 fully saturated rings. The van der Waals surface area contributed by atoms with Crippen LogP contribution in [0.5, 0.6) is 0 Å². The van der Waals surface area contributed by atoms with E-state index in [-0.39, 0.29) is 0 Å². The maximum atomic E-state index is 3.48. The van der Waals surface area contributed by atoms with Gasteiger partial charge in [0.05, 0.1) is 0 Å². The van der Waals surface area contributed by atoms with Crippen molar-refractivity contribution in [1.29, 1.82) is 0 Å². The van der Waals surface area contributed by atoms with Crippen LogP contribution in [-0.2, 0) is 0 Å². The van der Waals surface area contributed by atoms with Gasteiger partial charge < -0.3 is 10.2 Å². The van der Waals surface area contributed by atoms with Gasteiger partial charge in [0.25, 0.3) is 0 Å². The van der Waals surface area contributed by atoms with Crippen LogP contribution in [0, 0.1) is 0 Å². The predicted octanol–water partition coefficient (Wildman–Crippen LogP) is 1.55. The molecule has 0 bridgehead atoms. The van der Waals surface area contributed by atoms with Gasteiger partial charge in [-0.3, -0.25) is 4.90 Å². The quantitative estimate of drug-likeness (QED) is 0.785. The van der Waals surface area contributed by atoms with Gasteiger partial charge in [0.1, 0.15) is 0 Å². The van der Waals surface area contributed by atoms with E-state index in [1.807, 2.05) is 0 Å². The van der Waals surface area contributed by atoms with E-state index in [9.17, 15) is 0 Å². The molecular weight excluding hydrogens is 210 g/mol. The summed E-state index contributed by atoms with van der Waals surface area (Å²) in [6.45, 7) is 11.0. The molecular formula is C14H29N3. The number of hydrogen-bond donors (Lipinski definition) is 1. The fraction of sp³-hybridized carbons (Fsp3) is 1.00. The third-order valence-electron chi connectivity index (χ3n) is 4.38. The first-order valence-electron chi connectivity index (χ1n) is 7.57. The molecule has 1 heterocycles. The normalized spacial score (nSPS) is 24.4. The highest BCUT2D eigenvalue weighted by Gasteiger charge is 2.21. The first-order valence-corrected chi connectivity index (χ1v) is 7.57. The summed E-state index contributed by atoms with van der Waals surface area (Å²) >= 11 is 0. The molecule has 17 heavy (non-hydrogen) atoms. The number of nitrogens with one attached hydrogen (secondary N) is 1. The number of rotatable bonds is 5. The lowest BCUT2D eigenvalue weighted by Crippen LogP contribution is -2.40. The summed E-state index contributed by atoms with van der Waals surface area (Å²) in [5, 5.41) is 3.48. The zero-order valence-electron chi connectivity index (χ0n) is 11.5. The second kappa shape index (κ2) is 7.34. The average molecular weight is 239 g/mol. The van der Waals surface area contributed by atoms with Crippen LogP contribution in [0.4, 0.5) is 0 Å². The van der Waals surface area contributed by atoms with E-state index < -0.39 is 0 Å². The second-order valence-electron chi connectivity index (χ2n) is 5.51. The van der Waals surface area contributed by atoms with Crippen molar-refractivity contribution in [2.45, 2.75) is 45.1 Å². The maximum Gasteiger partial charge on any atom is 0.0112 e. The Morgan fingerprint density at radius 1 is 1.12 bits per heavy atom. The van der Waals surface area contributed by atoms with Crippen LogP contribution in [0.25, 0.3) is 0 Å². The first-order chi connectivity index (χ1) is 8.40. The van der Waals surface area contributed by atoms with Crippen molar-refractivity contribution in [1.82, 2.24) is 15.1 Å². The number of hydrogen-bond acceptors (Lipinski definition) is 3. The summed E-state index contributed by atoms with van der Waals surface area (Å²) in [4.78, 5) is 5.35. The predicted molar refractivity (Wildman–Crippen MR) is 73.4 cm³/mol. The molecule has 1 saturated heterocycles. The Kier molecular flexibility index (Phi) is 5.75. The van der Waals surface area contributed by atoms with E-state index in [0.717, 1.165) is 6.04 Å². The average Bonchev–Trinajstić information content (AvgIpc) is 2.74.